The van der Waals surface area contributed by atoms with E-state index in [9.17, 15) is 8.42 Å². The maximum Gasteiger partial charge on any atom is 0.211 e. The Morgan fingerprint density at radius 3 is 2.50 bits per heavy atom. The summed E-state index contributed by atoms with van der Waals surface area (Å²) in [5.74, 6) is 0.732. The van der Waals surface area contributed by atoms with Gasteiger partial charge in [0.2, 0.25) is 10.0 Å². The third-order valence-electron chi connectivity index (χ3n) is 3.88. The molecule has 0 saturated carbocycles. The molecule has 0 fully saturated rings. The van der Waals surface area contributed by atoms with Gasteiger partial charge in [0.15, 0.2) is 5.96 Å². The van der Waals surface area contributed by atoms with E-state index in [4.69, 9.17) is 0 Å². The highest BCUT2D eigenvalue weighted by Crippen LogP contribution is 2.11. The molecule has 0 aliphatic carbocycles. The standard InChI is InChI=1S/C18H28N6O2S.HI/c1-3-19-18(20-11-12-23-27(25,26)4-2)21-14-16-8-5-6-9-17(16)15-24-13-7-10-22-24;/h5-10,13,23H,3-4,11-12,14-15H2,1-2H3,(H2,19,20,21);1H. The highest BCUT2D eigenvalue weighted by atomic mass is 127. The molecule has 2 aromatic rings. The van der Waals surface area contributed by atoms with Crippen LogP contribution >= 0.6 is 24.0 Å². The lowest BCUT2D eigenvalue weighted by atomic mass is 10.1. The van der Waals surface area contributed by atoms with Gasteiger partial charge in [0, 0.05) is 32.0 Å². The van der Waals surface area contributed by atoms with Crippen molar-refractivity contribution in [3.8, 4) is 0 Å². The maximum absolute atomic E-state index is 11.5. The fourth-order valence-corrected chi connectivity index (χ4v) is 3.05. The van der Waals surface area contributed by atoms with Crippen LogP contribution in [-0.2, 0) is 23.1 Å². The minimum Gasteiger partial charge on any atom is -0.357 e. The van der Waals surface area contributed by atoms with Crippen LogP contribution in [0.25, 0.3) is 0 Å². The molecule has 1 aromatic heterocycles. The fraction of sp³-hybridized carbons (Fsp3) is 0.444. The molecule has 0 aliphatic rings. The second-order valence-corrected chi connectivity index (χ2v) is 7.99. The monoisotopic (exact) mass is 520 g/mol. The molecule has 8 nitrogen and oxygen atoms in total. The minimum atomic E-state index is -3.17. The van der Waals surface area contributed by atoms with E-state index in [0.29, 0.717) is 32.1 Å². The Labute approximate surface area is 184 Å². The van der Waals surface area contributed by atoms with Gasteiger partial charge in [-0.15, -0.1) is 24.0 Å². The lowest BCUT2D eigenvalue weighted by Crippen LogP contribution is -2.41. The van der Waals surface area contributed by atoms with E-state index in [-0.39, 0.29) is 29.7 Å². The zero-order chi connectivity index (χ0) is 19.5. The van der Waals surface area contributed by atoms with Crippen molar-refractivity contribution in [2.75, 3.05) is 25.4 Å². The summed E-state index contributed by atoms with van der Waals surface area (Å²) in [5, 5.41) is 10.6. The van der Waals surface area contributed by atoms with Gasteiger partial charge in [0.05, 0.1) is 18.8 Å². The van der Waals surface area contributed by atoms with Crippen molar-refractivity contribution in [1.82, 2.24) is 25.1 Å². The van der Waals surface area contributed by atoms with E-state index in [1.807, 2.05) is 36.0 Å². The van der Waals surface area contributed by atoms with E-state index in [1.165, 1.54) is 0 Å². The quantitative estimate of drug-likeness (QED) is 0.191. The van der Waals surface area contributed by atoms with Gasteiger partial charge in [0.25, 0.3) is 0 Å². The number of guanidine groups is 1. The van der Waals surface area contributed by atoms with Crippen molar-refractivity contribution >= 4 is 40.0 Å². The van der Waals surface area contributed by atoms with Gasteiger partial charge in [-0.25, -0.2) is 18.1 Å². The molecule has 0 bridgehead atoms. The first-order valence-electron chi connectivity index (χ1n) is 9.07. The summed E-state index contributed by atoms with van der Waals surface area (Å²) >= 11 is 0. The summed E-state index contributed by atoms with van der Waals surface area (Å²) in [6.07, 6.45) is 3.70. The summed E-state index contributed by atoms with van der Waals surface area (Å²) in [6, 6.07) is 10.0. The summed E-state index contributed by atoms with van der Waals surface area (Å²) in [7, 11) is -3.17. The number of nitrogens with zero attached hydrogens (tertiary/aromatic N) is 3. The second-order valence-electron chi connectivity index (χ2n) is 5.89. The molecule has 0 amide bonds. The number of benzene rings is 1. The largest absolute Gasteiger partial charge is 0.357 e. The SMILES string of the molecule is CCNC(=NCc1ccccc1Cn1cccn1)NCCNS(=O)(=O)CC.I. The lowest BCUT2D eigenvalue weighted by Gasteiger charge is -2.13. The fourth-order valence-electron chi connectivity index (χ4n) is 2.43. The molecule has 0 atom stereocenters. The Morgan fingerprint density at radius 2 is 1.86 bits per heavy atom. The first kappa shape index (κ1) is 24.4. The van der Waals surface area contributed by atoms with Crippen LogP contribution in [0.4, 0.5) is 0 Å². The summed E-state index contributed by atoms with van der Waals surface area (Å²) in [6.45, 7) is 6.32. The number of sulfonamides is 1. The summed E-state index contributed by atoms with van der Waals surface area (Å²) in [4.78, 5) is 4.62. The number of aliphatic imine (C=N–C) groups is 1. The Morgan fingerprint density at radius 1 is 1.11 bits per heavy atom. The van der Waals surface area contributed by atoms with Gasteiger partial charge in [-0.05, 0) is 31.0 Å². The second kappa shape index (κ2) is 12.7. The van der Waals surface area contributed by atoms with Gasteiger partial charge < -0.3 is 10.6 Å². The zero-order valence-corrected chi connectivity index (χ0v) is 19.4. The maximum atomic E-state index is 11.5. The van der Waals surface area contributed by atoms with Gasteiger partial charge in [-0.1, -0.05) is 24.3 Å². The molecule has 0 spiro atoms. The van der Waals surface area contributed by atoms with Crippen molar-refractivity contribution in [2.24, 2.45) is 4.99 Å². The number of nitrogens with one attached hydrogen (secondary N) is 3. The Bertz CT molecular complexity index is 824. The van der Waals surface area contributed by atoms with Crippen LogP contribution in [0, 0.1) is 0 Å². The number of aromatic nitrogens is 2. The number of hydrogen-bond acceptors (Lipinski definition) is 4. The molecular weight excluding hydrogens is 491 g/mol. The molecule has 28 heavy (non-hydrogen) atoms. The highest BCUT2D eigenvalue weighted by molar-refractivity contribution is 14.0. The van der Waals surface area contributed by atoms with E-state index < -0.39 is 10.0 Å². The predicted octanol–water partition coefficient (Wildman–Crippen LogP) is 1.54. The Kier molecular flexibility index (Phi) is 11.1. The van der Waals surface area contributed by atoms with Crippen molar-refractivity contribution < 1.29 is 8.42 Å². The molecule has 10 heteroatoms. The highest BCUT2D eigenvalue weighted by Gasteiger charge is 2.06. The molecule has 1 heterocycles. The van der Waals surface area contributed by atoms with E-state index in [1.54, 1.807) is 13.1 Å². The summed E-state index contributed by atoms with van der Waals surface area (Å²) in [5.41, 5.74) is 2.29. The van der Waals surface area contributed by atoms with Crippen molar-refractivity contribution in [3.63, 3.8) is 0 Å². The lowest BCUT2D eigenvalue weighted by molar-refractivity contribution is 0.582. The minimum absolute atomic E-state index is 0. The number of halogens is 1. The Balaban J connectivity index is 0.00000392. The van der Waals surface area contributed by atoms with Gasteiger partial charge >= 0.3 is 0 Å². The van der Waals surface area contributed by atoms with E-state index in [0.717, 1.165) is 17.7 Å². The third kappa shape index (κ3) is 8.57. The molecule has 0 saturated heterocycles. The third-order valence-corrected chi connectivity index (χ3v) is 5.29. The number of rotatable bonds is 10. The van der Waals surface area contributed by atoms with Crippen LogP contribution in [0.3, 0.4) is 0 Å². The molecule has 0 radical (unpaired) electrons. The molecule has 1 aromatic carbocycles. The zero-order valence-electron chi connectivity index (χ0n) is 16.3. The van der Waals surface area contributed by atoms with Gasteiger partial charge in [-0.3, -0.25) is 4.68 Å². The smallest absolute Gasteiger partial charge is 0.211 e. The van der Waals surface area contributed by atoms with Crippen LogP contribution in [0.2, 0.25) is 0 Å². The average molecular weight is 520 g/mol. The van der Waals surface area contributed by atoms with E-state index >= 15 is 0 Å². The predicted molar refractivity (Wildman–Crippen MR) is 123 cm³/mol. The van der Waals surface area contributed by atoms with Crippen molar-refractivity contribution in [1.29, 1.82) is 0 Å². The van der Waals surface area contributed by atoms with Crippen LogP contribution in [0.15, 0.2) is 47.7 Å². The van der Waals surface area contributed by atoms with Gasteiger partial charge in [0.1, 0.15) is 0 Å². The molecule has 2 rings (SSSR count). The molecule has 0 unspecified atom stereocenters. The van der Waals surface area contributed by atoms with Crippen molar-refractivity contribution in [2.45, 2.75) is 26.9 Å². The van der Waals surface area contributed by atoms with E-state index in [2.05, 4.69) is 37.6 Å². The normalized spacial score (nSPS) is 11.7. The first-order valence-corrected chi connectivity index (χ1v) is 10.7. The molecule has 156 valence electrons. The van der Waals surface area contributed by atoms with Crippen molar-refractivity contribution in [3.05, 3.63) is 53.9 Å². The van der Waals surface area contributed by atoms with Gasteiger partial charge in [-0.2, -0.15) is 5.10 Å². The van der Waals surface area contributed by atoms with Crippen LogP contribution < -0.4 is 15.4 Å². The summed E-state index contributed by atoms with van der Waals surface area (Å²) < 4.78 is 27.3. The van der Waals surface area contributed by atoms with Crippen LogP contribution in [-0.4, -0.2) is 49.5 Å². The molecular formula is C18H29IN6O2S. The molecule has 0 aliphatic heterocycles. The average Bonchev–Trinajstić information content (AvgIpc) is 3.17. The topological polar surface area (TPSA) is 100 Å². The number of hydrogen-bond donors (Lipinski definition) is 3. The molecule has 3 N–H and O–H groups in total. The van der Waals surface area contributed by atoms with Crippen LogP contribution in [0.1, 0.15) is 25.0 Å². The van der Waals surface area contributed by atoms with Crippen LogP contribution in [0.5, 0.6) is 0 Å². The Hall–Kier alpha value is -1.66. The first-order chi connectivity index (χ1) is 13.0.